The molecule has 3 N–H and O–H groups in total. The van der Waals surface area contributed by atoms with Crippen molar-refractivity contribution in [3.63, 3.8) is 0 Å². The van der Waals surface area contributed by atoms with Gasteiger partial charge in [-0.25, -0.2) is 5.43 Å². The first-order valence-corrected chi connectivity index (χ1v) is 12.5. The number of hydrogen-bond acceptors (Lipinski definition) is 5. The number of phenols is 1. The summed E-state index contributed by atoms with van der Waals surface area (Å²) in [5, 5.41) is 23.1. The Hall–Kier alpha value is -4.13. The molecule has 0 atom stereocenters. The molecule has 36 heavy (non-hydrogen) atoms. The number of carbonyl (C=O) groups excluding carboxylic acids is 1. The Bertz CT molecular complexity index is 1310. The van der Waals surface area contributed by atoms with E-state index in [4.69, 9.17) is 4.74 Å². The smallest absolute Gasteiger partial charge is 0.289 e. The van der Waals surface area contributed by atoms with Crippen LogP contribution in [0.5, 0.6) is 11.5 Å². The lowest BCUT2D eigenvalue weighted by Gasteiger charge is -2.06. The molecule has 4 rings (SSSR count). The molecule has 1 heterocycles. The predicted octanol–water partition coefficient (Wildman–Crippen LogP) is 6.44. The van der Waals surface area contributed by atoms with Crippen molar-refractivity contribution in [1.82, 2.24) is 15.6 Å². The van der Waals surface area contributed by atoms with E-state index in [0.29, 0.717) is 11.3 Å². The molecule has 0 spiro atoms. The van der Waals surface area contributed by atoms with E-state index in [1.165, 1.54) is 38.3 Å². The first-order chi connectivity index (χ1) is 17.7. The zero-order chi connectivity index (χ0) is 25.2. The molecule has 7 heteroatoms. The van der Waals surface area contributed by atoms with Crippen LogP contribution in [0.4, 0.5) is 0 Å². The summed E-state index contributed by atoms with van der Waals surface area (Å²) in [5.74, 6) is 0.491. The molecule has 3 aromatic carbocycles. The number of benzene rings is 3. The molecule has 0 aliphatic rings. The van der Waals surface area contributed by atoms with Crippen LogP contribution >= 0.6 is 0 Å². The maximum Gasteiger partial charge on any atom is 0.289 e. The molecule has 1 amide bonds. The molecule has 0 bridgehead atoms. The van der Waals surface area contributed by atoms with Crippen LogP contribution in [0.15, 0.2) is 71.8 Å². The fourth-order valence-corrected chi connectivity index (χ4v) is 4.02. The van der Waals surface area contributed by atoms with Crippen molar-refractivity contribution < 1.29 is 14.6 Å². The molecule has 0 aliphatic heterocycles. The number of aromatic amines is 1. The Balaban J connectivity index is 1.30. The predicted molar refractivity (Wildman–Crippen MR) is 144 cm³/mol. The van der Waals surface area contributed by atoms with Gasteiger partial charge in [0, 0.05) is 11.1 Å². The number of carbonyl (C=O) groups is 1. The molecule has 186 valence electrons. The number of unbranched alkanes of at least 4 members (excludes halogenated alkanes) is 5. The van der Waals surface area contributed by atoms with E-state index in [1.54, 1.807) is 12.1 Å². The molecule has 4 aromatic rings. The zero-order valence-corrected chi connectivity index (χ0v) is 20.5. The quantitative estimate of drug-likeness (QED) is 0.122. The summed E-state index contributed by atoms with van der Waals surface area (Å²) >= 11 is 0. The van der Waals surface area contributed by atoms with E-state index in [2.05, 4.69) is 27.6 Å². The van der Waals surface area contributed by atoms with Crippen molar-refractivity contribution in [3.8, 4) is 22.8 Å². The standard InChI is InChI=1S/C29H32N4O3/c1-2-3-4-5-6-9-18-36-23-15-12-22(13-16-23)26-19-27(32-31-26)29(35)33-30-20-25-24-11-8-7-10-21(24)14-17-28(25)34/h7-8,10-17,19-20,34H,2-6,9,18H2,1H3,(H,31,32)(H,33,35). The lowest BCUT2D eigenvalue weighted by atomic mass is 10.0. The molecule has 0 fully saturated rings. The topological polar surface area (TPSA) is 99.6 Å². The fourth-order valence-electron chi connectivity index (χ4n) is 4.02. The summed E-state index contributed by atoms with van der Waals surface area (Å²) in [7, 11) is 0. The Morgan fingerprint density at radius 3 is 2.64 bits per heavy atom. The van der Waals surface area contributed by atoms with Gasteiger partial charge in [0.05, 0.1) is 18.5 Å². The van der Waals surface area contributed by atoms with Crippen molar-refractivity contribution in [3.05, 3.63) is 78.0 Å². The summed E-state index contributed by atoms with van der Waals surface area (Å²) in [6.45, 7) is 2.94. The number of nitrogens with one attached hydrogen (secondary N) is 2. The number of ether oxygens (including phenoxy) is 1. The van der Waals surface area contributed by atoms with Crippen LogP contribution in [-0.2, 0) is 0 Å². The molecule has 1 aromatic heterocycles. The minimum absolute atomic E-state index is 0.0925. The molecule has 0 saturated carbocycles. The van der Waals surface area contributed by atoms with Gasteiger partial charge in [0.15, 0.2) is 0 Å². The number of nitrogens with zero attached hydrogens (tertiary/aromatic N) is 2. The molecular formula is C29H32N4O3. The Morgan fingerprint density at radius 1 is 1.03 bits per heavy atom. The molecule has 0 radical (unpaired) electrons. The second-order valence-corrected chi connectivity index (χ2v) is 8.73. The van der Waals surface area contributed by atoms with E-state index in [9.17, 15) is 9.90 Å². The maximum atomic E-state index is 12.5. The Kier molecular flexibility index (Phi) is 8.70. The molecule has 0 aliphatic carbocycles. The lowest BCUT2D eigenvalue weighted by Crippen LogP contribution is -2.18. The number of aromatic nitrogens is 2. The highest BCUT2D eigenvalue weighted by Crippen LogP contribution is 2.25. The van der Waals surface area contributed by atoms with Gasteiger partial charge in [-0.1, -0.05) is 69.4 Å². The van der Waals surface area contributed by atoms with Crippen LogP contribution < -0.4 is 10.2 Å². The first-order valence-electron chi connectivity index (χ1n) is 12.5. The Morgan fingerprint density at radius 2 is 1.81 bits per heavy atom. The SMILES string of the molecule is CCCCCCCCOc1ccc(-c2cc(C(=O)NN=Cc3c(O)ccc4ccccc34)[nH]n2)cc1. The second-order valence-electron chi connectivity index (χ2n) is 8.73. The minimum Gasteiger partial charge on any atom is -0.507 e. The zero-order valence-electron chi connectivity index (χ0n) is 20.5. The molecular weight excluding hydrogens is 452 g/mol. The molecule has 0 saturated heterocycles. The van der Waals surface area contributed by atoms with Crippen LogP contribution in [0.25, 0.3) is 22.0 Å². The average Bonchev–Trinajstić information content (AvgIpc) is 3.40. The van der Waals surface area contributed by atoms with Gasteiger partial charge < -0.3 is 9.84 Å². The summed E-state index contributed by atoms with van der Waals surface area (Å²) in [6, 6.07) is 20.5. The average molecular weight is 485 g/mol. The van der Waals surface area contributed by atoms with Crippen molar-refractivity contribution in [2.75, 3.05) is 6.61 Å². The number of rotatable bonds is 12. The van der Waals surface area contributed by atoms with E-state index in [-0.39, 0.29) is 11.4 Å². The minimum atomic E-state index is -0.427. The van der Waals surface area contributed by atoms with E-state index >= 15 is 0 Å². The number of fused-ring (bicyclic) bond motifs is 1. The van der Waals surface area contributed by atoms with Crippen LogP contribution in [-0.4, -0.2) is 34.0 Å². The second kappa shape index (κ2) is 12.5. The highest BCUT2D eigenvalue weighted by molar-refractivity contribution is 6.03. The highest BCUT2D eigenvalue weighted by atomic mass is 16.5. The van der Waals surface area contributed by atoms with Gasteiger partial charge in [-0.15, -0.1) is 0 Å². The van der Waals surface area contributed by atoms with E-state index < -0.39 is 5.91 Å². The van der Waals surface area contributed by atoms with Crippen LogP contribution in [0.2, 0.25) is 0 Å². The summed E-state index contributed by atoms with van der Waals surface area (Å²) in [5.41, 5.74) is 4.84. The number of hydrogen-bond donors (Lipinski definition) is 3. The van der Waals surface area contributed by atoms with Crippen LogP contribution in [0, 0.1) is 0 Å². The third-order valence-electron chi connectivity index (χ3n) is 6.05. The van der Waals surface area contributed by atoms with Crippen molar-refractivity contribution in [2.45, 2.75) is 45.4 Å². The van der Waals surface area contributed by atoms with Crippen molar-refractivity contribution in [1.29, 1.82) is 0 Å². The number of H-pyrrole nitrogens is 1. The van der Waals surface area contributed by atoms with Gasteiger partial charge in [0.25, 0.3) is 5.91 Å². The van der Waals surface area contributed by atoms with Gasteiger partial charge in [-0.3, -0.25) is 9.89 Å². The lowest BCUT2D eigenvalue weighted by molar-refractivity contribution is 0.0950. The molecule has 7 nitrogen and oxygen atoms in total. The summed E-state index contributed by atoms with van der Waals surface area (Å²) in [4.78, 5) is 12.5. The van der Waals surface area contributed by atoms with Gasteiger partial charge in [0.2, 0.25) is 0 Å². The van der Waals surface area contributed by atoms with Crippen LogP contribution in [0.1, 0.15) is 61.5 Å². The Labute approximate surface area is 211 Å². The largest absolute Gasteiger partial charge is 0.507 e. The highest BCUT2D eigenvalue weighted by Gasteiger charge is 2.11. The number of phenolic OH excluding ortho intramolecular Hbond substituents is 1. The van der Waals surface area contributed by atoms with Gasteiger partial charge in [-0.2, -0.15) is 10.2 Å². The van der Waals surface area contributed by atoms with Gasteiger partial charge in [0.1, 0.15) is 17.2 Å². The van der Waals surface area contributed by atoms with Crippen molar-refractivity contribution >= 4 is 22.9 Å². The van der Waals surface area contributed by atoms with Gasteiger partial charge in [-0.05, 0) is 53.6 Å². The number of amides is 1. The third kappa shape index (κ3) is 6.50. The number of hydrazone groups is 1. The number of aromatic hydroxyl groups is 1. The van der Waals surface area contributed by atoms with Crippen LogP contribution in [0.3, 0.4) is 0 Å². The van der Waals surface area contributed by atoms with E-state index in [1.807, 2.05) is 54.6 Å². The third-order valence-corrected chi connectivity index (χ3v) is 6.05. The van der Waals surface area contributed by atoms with Gasteiger partial charge >= 0.3 is 0 Å². The monoisotopic (exact) mass is 484 g/mol. The van der Waals surface area contributed by atoms with Crippen molar-refractivity contribution in [2.24, 2.45) is 5.10 Å². The molecule has 0 unspecified atom stereocenters. The van der Waals surface area contributed by atoms with E-state index in [0.717, 1.165) is 35.1 Å². The normalized spacial score (nSPS) is 11.2. The maximum absolute atomic E-state index is 12.5. The summed E-state index contributed by atoms with van der Waals surface area (Å²) < 4.78 is 5.84. The summed E-state index contributed by atoms with van der Waals surface area (Å²) in [6.07, 6.45) is 8.83. The first kappa shape index (κ1) is 25.0. The fraction of sp³-hybridized carbons (Fsp3) is 0.276.